The van der Waals surface area contributed by atoms with Crippen molar-refractivity contribution in [2.75, 3.05) is 19.8 Å². The lowest BCUT2D eigenvalue weighted by Gasteiger charge is -2.27. The quantitative estimate of drug-likeness (QED) is 0.739. The number of halogens is 1. The first-order chi connectivity index (χ1) is 8.38. The molecular formula is C13H19FN2O. The van der Waals surface area contributed by atoms with Gasteiger partial charge in [-0.3, -0.25) is 9.37 Å². The summed E-state index contributed by atoms with van der Waals surface area (Å²) in [5, 5.41) is 3.29. The Balaban J connectivity index is 1.78. The molecule has 1 aromatic rings. The van der Waals surface area contributed by atoms with E-state index in [1.54, 1.807) is 6.20 Å². The highest BCUT2D eigenvalue weighted by Gasteiger charge is 2.16. The number of aryl methyl sites for hydroxylation is 1. The first-order valence-corrected chi connectivity index (χ1v) is 6.24. The van der Waals surface area contributed by atoms with Crippen molar-refractivity contribution in [1.82, 2.24) is 10.3 Å². The Morgan fingerprint density at radius 1 is 1.41 bits per heavy atom. The monoisotopic (exact) mass is 238 g/mol. The van der Waals surface area contributed by atoms with Crippen molar-refractivity contribution in [3.05, 3.63) is 24.0 Å². The zero-order valence-corrected chi connectivity index (χ0v) is 9.99. The fourth-order valence-electron chi connectivity index (χ4n) is 1.79. The number of nitrogens with zero attached hydrogens (tertiary/aromatic N) is 1. The van der Waals surface area contributed by atoms with Crippen LogP contribution in [-0.2, 0) is 6.42 Å². The zero-order chi connectivity index (χ0) is 11.9. The smallest absolute Gasteiger partial charge is 0.137 e. The topological polar surface area (TPSA) is 34.1 Å². The van der Waals surface area contributed by atoms with Gasteiger partial charge in [0.15, 0.2) is 0 Å². The Labute approximate surface area is 101 Å². The molecule has 1 aromatic heterocycles. The molecule has 1 unspecified atom stereocenters. The number of hydrogen-bond donors (Lipinski definition) is 1. The summed E-state index contributed by atoms with van der Waals surface area (Å²) in [4.78, 5) is 4.15. The van der Waals surface area contributed by atoms with Gasteiger partial charge in [0.25, 0.3) is 0 Å². The Bertz CT molecular complexity index is 342. The summed E-state index contributed by atoms with van der Waals surface area (Å²) in [5.41, 5.74) is 1.12. The molecule has 1 aliphatic rings. The molecule has 0 bridgehead atoms. The Kier molecular flexibility index (Phi) is 4.74. The molecule has 0 amide bonds. The van der Waals surface area contributed by atoms with Crippen molar-refractivity contribution < 1.29 is 9.13 Å². The highest BCUT2D eigenvalue weighted by molar-refractivity contribution is 5.23. The van der Waals surface area contributed by atoms with Gasteiger partial charge in [-0.1, -0.05) is 0 Å². The van der Waals surface area contributed by atoms with E-state index in [-0.39, 0.29) is 6.67 Å². The summed E-state index contributed by atoms with van der Waals surface area (Å²) in [6, 6.07) is 2.49. The second kappa shape index (κ2) is 6.55. The zero-order valence-electron chi connectivity index (χ0n) is 9.99. The van der Waals surface area contributed by atoms with Gasteiger partial charge in [0, 0.05) is 12.2 Å². The Morgan fingerprint density at radius 3 is 3.00 bits per heavy atom. The minimum Gasteiger partial charge on any atom is -0.490 e. The van der Waals surface area contributed by atoms with E-state index in [1.165, 1.54) is 6.42 Å². The van der Waals surface area contributed by atoms with Gasteiger partial charge < -0.3 is 10.1 Å². The summed E-state index contributed by atoms with van der Waals surface area (Å²) >= 11 is 0. The summed E-state index contributed by atoms with van der Waals surface area (Å²) < 4.78 is 17.6. The van der Waals surface area contributed by atoms with Gasteiger partial charge >= 0.3 is 0 Å². The molecule has 2 rings (SSSR count). The van der Waals surface area contributed by atoms with E-state index in [0.29, 0.717) is 19.1 Å². The predicted molar refractivity (Wildman–Crippen MR) is 65.1 cm³/mol. The molecule has 17 heavy (non-hydrogen) atoms. The minimum atomic E-state index is -0.239. The van der Waals surface area contributed by atoms with Gasteiger partial charge in [-0.25, -0.2) is 0 Å². The first kappa shape index (κ1) is 12.3. The molecule has 1 atom stereocenters. The summed E-state index contributed by atoms with van der Waals surface area (Å²) in [6.07, 6.45) is 7.10. The third kappa shape index (κ3) is 3.97. The molecule has 94 valence electrons. The highest BCUT2D eigenvalue weighted by atomic mass is 19.1. The second-order valence-corrected chi connectivity index (χ2v) is 4.43. The molecule has 1 N–H and O–H groups in total. The van der Waals surface area contributed by atoms with Crippen LogP contribution in [0.5, 0.6) is 5.75 Å². The molecule has 0 spiro atoms. The number of rotatable bonds is 7. The molecule has 1 fully saturated rings. The highest BCUT2D eigenvalue weighted by Crippen LogP contribution is 2.14. The van der Waals surface area contributed by atoms with Crippen LogP contribution < -0.4 is 10.1 Å². The number of alkyl halides is 1. The molecular weight excluding hydrogens is 219 g/mol. The van der Waals surface area contributed by atoms with Crippen molar-refractivity contribution >= 4 is 0 Å². The van der Waals surface area contributed by atoms with Gasteiger partial charge in [-0.05, 0) is 43.9 Å². The summed E-state index contributed by atoms with van der Waals surface area (Å²) in [7, 11) is 0. The normalized spacial score (nSPS) is 18.8. The van der Waals surface area contributed by atoms with Gasteiger partial charge in [-0.15, -0.1) is 0 Å². The lowest BCUT2D eigenvalue weighted by molar-refractivity contribution is 0.217. The number of ether oxygens (including phenoxy) is 1. The molecule has 0 aliphatic carbocycles. The fourth-order valence-corrected chi connectivity index (χ4v) is 1.79. The average molecular weight is 238 g/mol. The van der Waals surface area contributed by atoms with Crippen LogP contribution in [0.4, 0.5) is 4.39 Å². The molecule has 0 aromatic carbocycles. The molecule has 1 saturated heterocycles. The van der Waals surface area contributed by atoms with Gasteiger partial charge in [0.1, 0.15) is 12.4 Å². The number of pyridine rings is 1. The molecule has 1 aliphatic heterocycles. The Hall–Kier alpha value is -1.16. The fraction of sp³-hybridized carbons (Fsp3) is 0.615. The van der Waals surface area contributed by atoms with Crippen LogP contribution in [0.2, 0.25) is 0 Å². The van der Waals surface area contributed by atoms with Crippen LogP contribution in [0, 0.1) is 0 Å². The Morgan fingerprint density at radius 2 is 2.29 bits per heavy atom. The number of aromatic nitrogens is 1. The number of nitrogens with one attached hydrogen (secondary N) is 1. The van der Waals surface area contributed by atoms with E-state index in [2.05, 4.69) is 10.3 Å². The predicted octanol–water partition coefficient (Wildman–Crippen LogP) is 2.11. The van der Waals surface area contributed by atoms with Crippen LogP contribution in [0.3, 0.4) is 0 Å². The van der Waals surface area contributed by atoms with Crippen LogP contribution >= 0.6 is 0 Å². The van der Waals surface area contributed by atoms with Gasteiger partial charge in [-0.2, -0.15) is 0 Å². The van der Waals surface area contributed by atoms with Crippen LogP contribution in [0.15, 0.2) is 18.5 Å². The number of hydrogen-bond acceptors (Lipinski definition) is 3. The van der Waals surface area contributed by atoms with Crippen molar-refractivity contribution in [2.24, 2.45) is 0 Å². The third-order valence-corrected chi connectivity index (χ3v) is 3.00. The standard InChI is InChI=1S/C13H19FN2O/c14-5-2-1-3-11-7-13(9-15-8-11)17-10-12-4-6-16-12/h7-9,12,16H,1-6,10H2. The van der Waals surface area contributed by atoms with E-state index in [4.69, 9.17) is 4.74 Å². The first-order valence-electron chi connectivity index (χ1n) is 6.24. The number of unbranched alkanes of at least 4 members (excludes halogenated alkanes) is 1. The van der Waals surface area contributed by atoms with Crippen LogP contribution in [0.25, 0.3) is 0 Å². The van der Waals surface area contributed by atoms with Crippen molar-refractivity contribution in [2.45, 2.75) is 31.7 Å². The van der Waals surface area contributed by atoms with Crippen molar-refractivity contribution in [3.63, 3.8) is 0 Å². The minimum absolute atomic E-state index is 0.239. The van der Waals surface area contributed by atoms with E-state index < -0.39 is 0 Å². The van der Waals surface area contributed by atoms with Crippen molar-refractivity contribution in [1.29, 1.82) is 0 Å². The van der Waals surface area contributed by atoms with Gasteiger partial charge in [0.05, 0.1) is 12.9 Å². The maximum Gasteiger partial charge on any atom is 0.137 e. The largest absolute Gasteiger partial charge is 0.490 e. The average Bonchev–Trinajstić information content (AvgIpc) is 2.28. The van der Waals surface area contributed by atoms with E-state index in [1.807, 2.05) is 12.3 Å². The molecule has 2 heterocycles. The molecule has 0 radical (unpaired) electrons. The van der Waals surface area contributed by atoms with E-state index in [0.717, 1.165) is 30.7 Å². The van der Waals surface area contributed by atoms with Crippen LogP contribution in [-0.4, -0.2) is 30.9 Å². The maximum atomic E-state index is 12.0. The van der Waals surface area contributed by atoms with Crippen molar-refractivity contribution in [3.8, 4) is 5.75 Å². The van der Waals surface area contributed by atoms with E-state index >= 15 is 0 Å². The van der Waals surface area contributed by atoms with Crippen LogP contribution in [0.1, 0.15) is 24.8 Å². The third-order valence-electron chi connectivity index (χ3n) is 3.00. The molecule has 3 nitrogen and oxygen atoms in total. The summed E-state index contributed by atoms with van der Waals surface area (Å²) in [5.74, 6) is 0.816. The molecule has 0 saturated carbocycles. The lowest BCUT2D eigenvalue weighted by atomic mass is 10.1. The second-order valence-electron chi connectivity index (χ2n) is 4.43. The van der Waals surface area contributed by atoms with E-state index in [9.17, 15) is 4.39 Å². The maximum absolute atomic E-state index is 12.0. The van der Waals surface area contributed by atoms with Gasteiger partial charge in [0.2, 0.25) is 0 Å². The lowest BCUT2D eigenvalue weighted by Crippen LogP contribution is -2.46. The summed E-state index contributed by atoms with van der Waals surface area (Å²) in [6.45, 7) is 1.56. The SMILES string of the molecule is FCCCCc1cncc(OCC2CCN2)c1. The molecule has 4 heteroatoms.